The first kappa shape index (κ1) is 24.9. The molecule has 8 heteroatoms. The Morgan fingerprint density at radius 3 is 2.44 bits per heavy atom. The minimum absolute atomic E-state index is 0.0144. The minimum atomic E-state index is -1.11. The molecule has 0 bridgehead atoms. The number of hydrogen-bond acceptors (Lipinski definition) is 4. The molecule has 2 N–H and O–H groups in total. The first-order valence-electron chi connectivity index (χ1n) is 11.4. The number of carboxylic acids is 1. The number of rotatable bonds is 9. The molecule has 178 valence electrons. The minimum Gasteiger partial charge on any atom is -0.480 e. The summed E-state index contributed by atoms with van der Waals surface area (Å²) in [6.07, 6.45) is 2.48. The second-order valence-corrected chi connectivity index (χ2v) is 8.63. The van der Waals surface area contributed by atoms with Gasteiger partial charge < -0.3 is 15.3 Å². The zero-order valence-electron chi connectivity index (χ0n) is 18.9. The van der Waals surface area contributed by atoms with E-state index in [4.69, 9.17) is 5.26 Å². The Labute approximate surface area is 198 Å². The van der Waals surface area contributed by atoms with Crippen molar-refractivity contribution in [3.8, 4) is 6.07 Å². The molecule has 0 radical (unpaired) electrons. The van der Waals surface area contributed by atoms with Gasteiger partial charge in [-0.05, 0) is 60.6 Å². The molecule has 1 saturated heterocycles. The van der Waals surface area contributed by atoms with Gasteiger partial charge in [0.15, 0.2) is 0 Å². The van der Waals surface area contributed by atoms with Crippen LogP contribution in [0.15, 0.2) is 48.5 Å². The molecule has 2 aromatic carbocycles. The molecular weight excluding hydrogens is 437 g/mol. The first-order valence-corrected chi connectivity index (χ1v) is 11.4. The number of hydrogen-bond donors (Lipinski definition) is 2. The van der Waals surface area contributed by atoms with Gasteiger partial charge in [-0.2, -0.15) is 5.26 Å². The number of likely N-dealkylation sites (tertiary alicyclic amines) is 1. The molecule has 1 heterocycles. The van der Waals surface area contributed by atoms with Crippen LogP contribution < -0.4 is 5.32 Å². The molecule has 3 rings (SSSR count). The number of amides is 2. The highest BCUT2D eigenvalue weighted by atomic mass is 19.1. The highest BCUT2D eigenvalue weighted by Gasteiger charge is 2.26. The van der Waals surface area contributed by atoms with E-state index in [1.807, 2.05) is 6.07 Å². The average molecular weight is 466 g/mol. The summed E-state index contributed by atoms with van der Waals surface area (Å²) >= 11 is 0. The standard InChI is InChI=1S/C26H28FN3O4/c27-22-3-1-2-18(14-22)8-9-25(32)30-12-10-20(11-13-30)16-24(31)29-23(26(33)34)15-19-4-6-21(17-28)7-5-19/h1-7,14,20,23H,8-13,15-16H2,(H,29,31)(H,33,34)/t23-/m0/s1. The molecule has 0 saturated carbocycles. The van der Waals surface area contributed by atoms with E-state index in [0.717, 1.165) is 11.1 Å². The van der Waals surface area contributed by atoms with E-state index in [-0.39, 0.29) is 36.4 Å². The molecule has 0 aromatic heterocycles. The van der Waals surface area contributed by atoms with Crippen LogP contribution in [0.1, 0.15) is 42.4 Å². The third-order valence-corrected chi connectivity index (χ3v) is 6.11. The molecule has 1 fully saturated rings. The van der Waals surface area contributed by atoms with Gasteiger partial charge in [-0.15, -0.1) is 0 Å². The lowest BCUT2D eigenvalue weighted by molar-refractivity contribution is -0.142. The van der Waals surface area contributed by atoms with Crippen molar-refractivity contribution in [2.75, 3.05) is 13.1 Å². The van der Waals surface area contributed by atoms with Crippen LogP contribution in [0.5, 0.6) is 0 Å². The number of nitrogens with zero attached hydrogens (tertiary/aromatic N) is 2. The number of aryl methyl sites for hydroxylation is 1. The van der Waals surface area contributed by atoms with Gasteiger partial charge in [0.25, 0.3) is 0 Å². The molecule has 1 atom stereocenters. The number of piperidine rings is 1. The van der Waals surface area contributed by atoms with Crippen LogP contribution in [0, 0.1) is 23.1 Å². The van der Waals surface area contributed by atoms with Crippen LogP contribution in [-0.2, 0) is 27.2 Å². The third kappa shape index (κ3) is 7.41. The molecule has 0 spiro atoms. The summed E-state index contributed by atoms with van der Waals surface area (Å²) in [6.45, 7) is 1.10. The van der Waals surface area contributed by atoms with Crippen molar-refractivity contribution < 1.29 is 23.9 Å². The lowest BCUT2D eigenvalue weighted by Gasteiger charge is -2.32. The van der Waals surface area contributed by atoms with Gasteiger partial charge in [0.2, 0.25) is 11.8 Å². The summed E-state index contributed by atoms with van der Waals surface area (Å²) < 4.78 is 13.3. The summed E-state index contributed by atoms with van der Waals surface area (Å²) in [7, 11) is 0. The molecule has 0 unspecified atom stereocenters. The number of nitrogens with one attached hydrogen (secondary N) is 1. The highest BCUT2D eigenvalue weighted by Crippen LogP contribution is 2.21. The van der Waals surface area contributed by atoms with Gasteiger partial charge in [0.05, 0.1) is 11.6 Å². The van der Waals surface area contributed by atoms with Gasteiger partial charge in [-0.3, -0.25) is 9.59 Å². The second-order valence-electron chi connectivity index (χ2n) is 8.63. The predicted octanol–water partition coefficient (Wildman–Crippen LogP) is 3.07. The van der Waals surface area contributed by atoms with Crippen molar-refractivity contribution in [2.45, 2.75) is 44.6 Å². The smallest absolute Gasteiger partial charge is 0.326 e. The Balaban J connectivity index is 1.42. The van der Waals surface area contributed by atoms with Crippen molar-refractivity contribution in [2.24, 2.45) is 5.92 Å². The number of halogens is 1. The van der Waals surface area contributed by atoms with Crippen molar-refractivity contribution >= 4 is 17.8 Å². The number of benzene rings is 2. The van der Waals surface area contributed by atoms with Gasteiger partial charge in [-0.1, -0.05) is 24.3 Å². The van der Waals surface area contributed by atoms with Crippen molar-refractivity contribution in [1.82, 2.24) is 10.2 Å². The fraction of sp³-hybridized carbons (Fsp3) is 0.385. The largest absolute Gasteiger partial charge is 0.480 e. The van der Waals surface area contributed by atoms with E-state index in [1.54, 1.807) is 41.3 Å². The molecule has 7 nitrogen and oxygen atoms in total. The summed E-state index contributed by atoms with van der Waals surface area (Å²) in [4.78, 5) is 38.4. The molecule has 0 aliphatic carbocycles. The zero-order chi connectivity index (χ0) is 24.5. The van der Waals surface area contributed by atoms with E-state index in [2.05, 4.69) is 5.32 Å². The Hall–Kier alpha value is -3.73. The highest BCUT2D eigenvalue weighted by molar-refractivity contribution is 5.84. The monoisotopic (exact) mass is 465 g/mol. The fourth-order valence-electron chi connectivity index (χ4n) is 4.15. The van der Waals surface area contributed by atoms with Crippen LogP contribution in [0.25, 0.3) is 0 Å². The summed E-state index contributed by atoms with van der Waals surface area (Å²) in [5.41, 5.74) is 1.99. The van der Waals surface area contributed by atoms with E-state index in [9.17, 15) is 23.9 Å². The maximum atomic E-state index is 13.3. The van der Waals surface area contributed by atoms with Crippen LogP contribution in [-0.4, -0.2) is 46.9 Å². The number of carbonyl (C=O) groups excluding carboxylic acids is 2. The van der Waals surface area contributed by atoms with Crippen LogP contribution in [0.3, 0.4) is 0 Å². The Morgan fingerprint density at radius 2 is 1.82 bits per heavy atom. The first-order chi connectivity index (χ1) is 16.3. The number of carboxylic acid groups (broad SMARTS) is 1. The van der Waals surface area contributed by atoms with Gasteiger partial charge in [0.1, 0.15) is 11.9 Å². The second kappa shape index (κ2) is 11.9. The van der Waals surface area contributed by atoms with E-state index < -0.39 is 12.0 Å². The number of aliphatic carboxylic acids is 1. The van der Waals surface area contributed by atoms with Crippen molar-refractivity contribution in [3.63, 3.8) is 0 Å². The Bertz CT molecular complexity index is 1060. The third-order valence-electron chi connectivity index (χ3n) is 6.11. The fourth-order valence-corrected chi connectivity index (χ4v) is 4.15. The van der Waals surface area contributed by atoms with Crippen LogP contribution >= 0.6 is 0 Å². The molecular formula is C26H28FN3O4. The molecule has 1 aliphatic rings. The summed E-state index contributed by atoms with van der Waals surface area (Å²) in [5, 5.41) is 21.0. The van der Waals surface area contributed by atoms with E-state index in [1.165, 1.54) is 12.1 Å². The van der Waals surface area contributed by atoms with Gasteiger partial charge in [0, 0.05) is 32.4 Å². The van der Waals surface area contributed by atoms with E-state index >= 15 is 0 Å². The van der Waals surface area contributed by atoms with Crippen LogP contribution in [0.4, 0.5) is 4.39 Å². The Kier molecular flexibility index (Phi) is 8.74. The lowest BCUT2D eigenvalue weighted by Crippen LogP contribution is -2.44. The quantitative estimate of drug-likeness (QED) is 0.591. The average Bonchev–Trinajstić information content (AvgIpc) is 2.83. The van der Waals surface area contributed by atoms with E-state index in [0.29, 0.717) is 44.3 Å². The summed E-state index contributed by atoms with van der Waals surface area (Å²) in [6, 6.07) is 13.8. The summed E-state index contributed by atoms with van der Waals surface area (Å²) in [5.74, 6) is -1.66. The molecule has 2 amide bonds. The molecule has 34 heavy (non-hydrogen) atoms. The normalized spacial score (nSPS) is 14.8. The van der Waals surface area contributed by atoms with Gasteiger partial charge >= 0.3 is 5.97 Å². The molecule has 1 aliphatic heterocycles. The zero-order valence-corrected chi connectivity index (χ0v) is 18.9. The van der Waals surface area contributed by atoms with Crippen molar-refractivity contribution in [3.05, 3.63) is 71.0 Å². The SMILES string of the molecule is N#Cc1ccc(C[C@H](NC(=O)CC2CCN(C(=O)CCc3cccc(F)c3)CC2)C(=O)O)cc1. The topological polar surface area (TPSA) is 111 Å². The maximum absolute atomic E-state index is 13.3. The Morgan fingerprint density at radius 1 is 1.12 bits per heavy atom. The molecule has 2 aromatic rings. The van der Waals surface area contributed by atoms with Crippen LogP contribution in [0.2, 0.25) is 0 Å². The lowest BCUT2D eigenvalue weighted by atomic mass is 9.92. The number of carbonyl (C=O) groups is 3. The number of nitriles is 1. The van der Waals surface area contributed by atoms with Crippen molar-refractivity contribution in [1.29, 1.82) is 5.26 Å². The van der Waals surface area contributed by atoms with Gasteiger partial charge in [-0.25, -0.2) is 9.18 Å². The predicted molar refractivity (Wildman–Crippen MR) is 123 cm³/mol. The maximum Gasteiger partial charge on any atom is 0.326 e.